The molecule has 0 saturated carbocycles. The zero-order valence-corrected chi connectivity index (χ0v) is 12.3. The smallest absolute Gasteiger partial charge is 0.0712 e. The number of nitrogens with zero attached hydrogens (tertiary/aromatic N) is 1. The standard InChI is InChI=1S/C16H24N2/c1-11(2)13-8-7-12(3)14(9-13)15(18-6)16(4,5)10-17/h7-9,11,15,18H,1-6H3. The monoisotopic (exact) mass is 244 g/mol. The fraction of sp³-hybridized carbons (Fsp3) is 0.562. The molecule has 0 radical (unpaired) electrons. The van der Waals surface area contributed by atoms with Crippen molar-refractivity contribution in [1.29, 1.82) is 5.26 Å². The van der Waals surface area contributed by atoms with Crippen molar-refractivity contribution in [2.45, 2.75) is 46.6 Å². The number of benzene rings is 1. The lowest BCUT2D eigenvalue weighted by Gasteiger charge is -2.30. The van der Waals surface area contributed by atoms with Gasteiger partial charge in [-0.2, -0.15) is 5.26 Å². The fourth-order valence-corrected chi connectivity index (χ4v) is 2.30. The molecular weight excluding hydrogens is 220 g/mol. The summed E-state index contributed by atoms with van der Waals surface area (Å²) in [6, 6.07) is 9.03. The zero-order valence-electron chi connectivity index (χ0n) is 12.3. The number of nitrogens with one attached hydrogen (secondary N) is 1. The third-order valence-corrected chi connectivity index (χ3v) is 3.58. The Hall–Kier alpha value is -1.33. The summed E-state index contributed by atoms with van der Waals surface area (Å²) in [5.41, 5.74) is 3.37. The Morgan fingerprint density at radius 2 is 1.89 bits per heavy atom. The molecule has 1 rings (SSSR count). The van der Waals surface area contributed by atoms with Crippen LogP contribution in [0.3, 0.4) is 0 Å². The van der Waals surface area contributed by atoms with E-state index in [0.717, 1.165) is 0 Å². The van der Waals surface area contributed by atoms with Gasteiger partial charge in [0.1, 0.15) is 0 Å². The summed E-state index contributed by atoms with van der Waals surface area (Å²) in [5, 5.41) is 12.6. The minimum absolute atomic E-state index is 0.0567. The van der Waals surface area contributed by atoms with Crippen LogP contribution in [0.25, 0.3) is 0 Å². The average molecular weight is 244 g/mol. The maximum atomic E-state index is 9.34. The molecule has 1 unspecified atom stereocenters. The van der Waals surface area contributed by atoms with Crippen LogP contribution in [0.5, 0.6) is 0 Å². The lowest BCUT2D eigenvalue weighted by molar-refractivity contribution is 0.342. The Bertz CT molecular complexity index is 453. The summed E-state index contributed by atoms with van der Waals surface area (Å²) in [7, 11) is 1.92. The molecule has 18 heavy (non-hydrogen) atoms. The lowest BCUT2D eigenvalue weighted by atomic mass is 9.79. The first-order chi connectivity index (χ1) is 8.33. The second-order valence-corrected chi connectivity index (χ2v) is 5.83. The van der Waals surface area contributed by atoms with Gasteiger partial charge in [0, 0.05) is 0 Å². The Morgan fingerprint density at radius 1 is 1.28 bits per heavy atom. The van der Waals surface area contributed by atoms with E-state index in [0.29, 0.717) is 5.92 Å². The Kier molecular flexibility index (Phi) is 4.53. The molecule has 98 valence electrons. The van der Waals surface area contributed by atoms with Crippen LogP contribution in [0.15, 0.2) is 18.2 Å². The van der Waals surface area contributed by atoms with E-state index in [-0.39, 0.29) is 6.04 Å². The van der Waals surface area contributed by atoms with E-state index in [1.807, 2.05) is 20.9 Å². The molecule has 1 aromatic rings. The summed E-state index contributed by atoms with van der Waals surface area (Å²) in [5.74, 6) is 0.507. The molecule has 0 heterocycles. The van der Waals surface area contributed by atoms with Gasteiger partial charge < -0.3 is 5.32 Å². The maximum absolute atomic E-state index is 9.34. The van der Waals surface area contributed by atoms with Crippen molar-refractivity contribution < 1.29 is 0 Å². The third-order valence-electron chi connectivity index (χ3n) is 3.58. The van der Waals surface area contributed by atoms with E-state index < -0.39 is 5.41 Å². The second-order valence-electron chi connectivity index (χ2n) is 5.83. The van der Waals surface area contributed by atoms with E-state index >= 15 is 0 Å². The first-order valence-electron chi connectivity index (χ1n) is 6.52. The van der Waals surface area contributed by atoms with Gasteiger partial charge in [0.25, 0.3) is 0 Å². The van der Waals surface area contributed by atoms with Gasteiger partial charge >= 0.3 is 0 Å². The summed E-state index contributed by atoms with van der Waals surface area (Å²) < 4.78 is 0. The van der Waals surface area contributed by atoms with Crippen LogP contribution in [0.2, 0.25) is 0 Å². The van der Waals surface area contributed by atoms with Crippen LogP contribution >= 0.6 is 0 Å². The molecule has 0 bridgehead atoms. The summed E-state index contributed by atoms with van der Waals surface area (Å²) >= 11 is 0. The molecule has 0 aromatic heterocycles. The molecule has 0 saturated heterocycles. The summed E-state index contributed by atoms with van der Waals surface area (Å²) in [4.78, 5) is 0. The molecule has 1 N–H and O–H groups in total. The number of nitriles is 1. The third kappa shape index (κ3) is 2.91. The van der Waals surface area contributed by atoms with Crippen molar-refractivity contribution in [3.05, 3.63) is 34.9 Å². The molecule has 0 aliphatic rings. The van der Waals surface area contributed by atoms with Crippen LogP contribution in [-0.2, 0) is 0 Å². The van der Waals surface area contributed by atoms with Crippen molar-refractivity contribution in [2.75, 3.05) is 7.05 Å². The van der Waals surface area contributed by atoms with E-state index in [1.54, 1.807) is 0 Å². The molecule has 2 heteroatoms. The van der Waals surface area contributed by atoms with Crippen molar-refractivity contribution in [3.63, 3.8) is 0 Å². The van der Waals surface area contributed by atoms with Gasteiger partial charge in [-0.05, 0) is 50.4 Å². The van der Waals surface area contributed by atoms with Crippen LogP contribution in [0, 0.1) is 23.7 Å². The van der Waals surface area contributed by atoms with Crippen molar-refractivity contribution >= 4 is 0 Å². The number of rotatable bonds is 4. The van der Waals surface area contributed by atoms with Gasteiger partial charge in [0.2, 0.25) is 0 Å². The van der Waals surface area contributed by atoms with Crippen LogP contribution in [-0.4, -0.2) is 7.05 Å². The maximum Gasteiger partial charge on any atom is 0.0712 e. The van der Waals surface area contributed by atoms with Crippen molar-refractivity contribution in [1.82, 2.24) is 5.32 Å². The number of hydrogen-bond donors (Lipinski definition) is 1. The minimum atomic E-state index is -0.422. The Balaban J connectivity index is 3.30. The SMILES string of the molecule is CNC(c1cc(C(C)C)ccc1C)C(C)(C)C#N. The highest BCUT2D eigenvalue weighted by molar-refractivity contribution is 5.36. The molecule has 0 fully saturated rings. The predicted molar refractivity (Wildman–Crippen MR) is 76.5 cm³/mol. The van der Waals surface area contributed by atoms with Gasteiger partial charge in [-0.3, -0.25) is 0 Å². The van der Waals surface area contributed by atoms with Gasteiger partial charge in [-0.1, -0.05) is 32.0 Å². The quantitative estimate of drug-likeness (QED) is 0.871. The summed E-state index contributed by atoms with van der Waals surface area (Å²) in [6.45, 7) is 10.5. The van der Waals surface area contributed by atoms with E-state index in [4.69, 9.17) is 0 Å². The molecule has 1 aromatic carbocycles. The van der Waals surface area contributed by atoms with E-state index in [1.165, 1.54) is 16.7 Å². The molecule has 0 aliphatic carbocycles. The highest BCUT2D eigenvalue weighted by atomic mass is 14.9. The van der Waals surface area contributed by atoms with Crippen LogP contribution < -0.4 is 5.32 Å². The number of hydrogen-bond acceptors (Lipinski definition) is 2. The highest BCUT2D eigenvalue weighted by Crippen LogP contribution is 2.35. The highest BCUT2D eigenvalue weighted by Gasteiger charge is 2.30. The lowest BCUT2D eigenvalue weighted by Crippen LogP contribution is -2.31. The molecule has 0 amide bonds. The molecule has 0 spiro atoms. The predicted octanol–water partition coefficient (Wildman–Crippen LogP) is 3.93. The van der Waals surface area contributed by atoms with Crippen LogP contribution in [0.1, 0.15) is 56.3 Å². The average Bonchev–Trinajstić information content (AvgIpc) is 2.31. The zero-order chi connectivity index (χ0) is 13.9. The van der Waals surface area contributed by atoms with E-state index in [9.17, 15) is 5.26 Å². The number of aryl methyl sites for hydroxylation is 1. The molecular formula is C16H24N2. The minimum Gasteiger partial charge on any atom is -0.312 e. The largest absolute Gasteiger partial charge is 0.312 e. The van der Waals surface area contributed by atoms with E-state index in [2.05, 4.69) is 50.4 Å². The Morgan fingerprint density at radius 3 is 2.33 bits per heavy atom. The molecule has 2 nitrogen and oxygen atoms in total. The fourth-order valence-electron chi connectivity index (χ4n) is 2.30. The van der Waals surface area contributed by atoms with Gasteiger partial charge in [0.15, 0.2) is 0 Å². The van der Waals surface area contributed by atoms with Gasteiger partial charge in [0.05, 0.1) is 17.5 Å². The first-order valence-corrected chi connectivity index (χ1v) is 6.52. The van der Waals surface area contributed by atoms with Gasteiger partial charge in [-0.15, -0.1) is 0 Å². The first kappa shape index (κ1) is 14.7. The van der Waals surface area contributed by atoms with Gasteiger partial charge in [-0.25, -0.2) is 0 Å². The Labute approximate surface area is 111 Å². The second kappa shape index (κ2) is 5.54. The van der Waals surface area contributed by atoms with Crippen LogP contribution in [0.4, 0.5) is 0 Å². The molecule has 1 atom stereocenters. The normalized spacial score (nSPS) is 13.4. The van der Waals surface area contributed by atoms with Crippen molar-refractivity contribution in [2.24, 2.45) is 5.41 Å². The molecule has 0 aliphatic heterocycles. The van der Waals surface area contributed by atoms with Crippen molar-refractivity contribution in [3.8, 4) is 6.07 Å². The summed E-state index contributed by atoms with van der Waals surface area (Å²) in [6.07, 6.45) is 0. The topological polar surface area (TPSA) is 35.8 Å².